The average molecular weight is 369 g/mol. The Morgan fingerprint density at radius 1 is 1.46 bits per heavy atom. The van der Waals surface area contributed by atoms with E-state index in [1.165, 1.54) is 10.6 Å². The largest absolute Gasteiger partial charge is 0.443 e. The second kappa shape index (κ2) is 7.04. The molecule has 1 aliphatic rings. The van der Waals surface area contributed by atoms with Gasteiger partial charge in [0, 0.05) is 19.0 Å². The predicted octanol–water partition coefficient (Wildman–Crippen LogP) is 1.69. The van der Waals surface area contributed by atoms with Gasteiger partial charge in [-0.2, -0.15) is 0 Å². The van der Waals surface area contributed by atoms with Gasteiger partial charge in [0.05, 0.1) is 23.4 Å². The Labute approximate surface area is 144 Å². The quantitative estimate of drug-likeness (QED) is 0.866. The van der Waals surface area contributed by atoms with Gasteiger partial charge in [-0.25, -0.2) is 17.7 Å². The van der Waals surface area contributed by atoms with E-state index in [2.05, 4.69) is 10.3 Å². The van der Waals surface area contributed by atoms with E-state index in [4.69, 9.17) is 4.42 Å². The fourth-order valence-corrected chi connectivity index (χ4v) is 4.20. The van der Waals surface area contributed by atoms with E-state index < -0.39 is 10.0 Å². The van der Waals surface area contributed by atoms with Crippen LogP contribution < -0.4 is 5.32 Å². The minimum absolute atomic E-state index is 0.0659. The van der Waals surface area contributed by atoms with Gasteiger partial charge in [-0.15, -0.1) is 11.3 Å². The zero-order valence-electron chi connectivity index (χ0n) is 13.3. The number of hydrogen-bond acceptors (Lipinski definition) is 6. The summed E-state index contributed by atoms with van der Waals surface area (Å²) in [7, 11) is -3.17. The van der Waals surface area contributed by atoms with E-state index in [9.17, 15) is 13.2 Å². The van der Waals surface area contributed by atoms with Crippen LogP contribution in [0.4, 0.5) is 0 Å². The van der Waals surface area contributed by atoms with E-state index in [0.717, 1.165) is 4.88 Å². The van der Waals surface area contributed by atoms with Crippen LogP contribution in [0.15, 0.2) is 28.2 Å². The molecule has 0 unspecified atom stereocenters. The third kappa shape index (κ3) is 4.03. The lowest BCUT2D eigenvalue weighted by molar-refractivity contribution is -0.126. The van der Waals surface area contributed by atoms with Gasteiger partial charge in [-0.05, 0) is 24.3 Å². The Balaban J connectivity index is 1.50. The van der Waals surface area contributed by atoms with Crippen molar-refractivity contribution < 1.29 is 17.6 Å². The van der Waals surface area contributed by atoms with E-state index >= 15 is 0 Å². The van der Waals surface area contributed by atoms with Crippen LogP contribution in [0.1, 0.15) is 18.5 Å². The molecule has 0 atom stereocenters. The van der Waals surface area contributed by atoms with E-state index in [1.807, 2.05) is 17.5 Å². The van der Waals surface area contributed by atoms with Crippen LogP contribution in [0, 0.1) is 5.92 Å². The number of oxazole rings is 1. The molecule has 130 valence electrons. The normalized spacial score (nSPS) is 17.0. The first-order chi connectivity index (χ1) is 11.4. The highest BCUT2D eigenvalue weighted by molar-refractivity contribution is 7.88. The summed E-state index contributed by atoms with van der Waals surface area (Å²) < 4.78 is 29.8. The first kappa shape index (κ1) is 17.1. The lowest BCUT2D eigenvalue weighted by Gasteiger charge is -2.29. The predicted molar refractivity (Wildman–Crippen MR) is 90.8 cm³/mol. The minimum atomic E-state index is -3.17. The summed E-state index contributed by atoms with van der Waals surface area (Å²) in [4.78, 5) is 17.5. The van der Waals surface area contributed by atoms with Crippen molar-refractivity contribution >= 4 is 27.3 Å². The summed E-state index contributed by atoms with van der Waals surface area (Å²) in [5.41, 5.74) is 0.667. The highest BCUT2D eigenvalue weighted by atomic mass is 32.2. The fourth-order valence-electron chi connectivity index (χ4n) is 2.67. The Kier molecular flexibility index (Phi) is 5.02. The van der Waals surface area contributed by atoms with Gasteiger partial charge in [0.2, 0.25) is 21.8 Å². The van der Waals surface area contributed by atoms with Gasteiger partial charge in [0.25, 0.3) is 0 Å². The molecule has 3 heterocycles. The van der Waals surface area contributed by atoms with Gasteiger partial charge in [-0.3, -0.25) is 4.79 Å². The molecule has 1 fully saturated rings. The number of hydrogen-bond donors (Lipinski definition) is 1. The molecule has 24 heavy (non-hydrogen) atoms. The summed E-state index contributed by atoms with van der Waals surface area (Å²) in [5.74, 6) is 0.325. The molecule has 0 bridgehead atoms. The van der Waals surface area contributed by atoms with Crippen molar-refractivity contribution in [3.05, 3.63) is 29.5 Å². The van der Waals surface area contributed by atoms with Crippen LogP contribution in [-0.4, -0.2) is 43.0 Å². The van der Waals surface area contributed by atoms with Crippen LogP contribution in [0.5, 0.6) is 0 Å². The zero-order chi connectivity index (χ0) is 17.2. The smallest absolute Gasteiger partial charge is 0.236 e. The maximum atomic E-state index is 12.2. The number of nitrogens with one attached hydrogen (secondary N) is 1. The summed E-state index contributed by atoms with van der Waals surface area (Å²) in [6.07, 6.45) is 3.82. The first-order valence-corrected chi connectivity index (χ1v) is 10.4. The molecule has 9 heteroatoms. The monoisotopic (exact) mass is 369 g/mol. The molecule has 2 aromatic rings. The summed E-state index contributed by atoms with van der Waals surface area (Å²) in [6.45, 7) is 1.09. The Morgan fingerprint density at radius 3 is 2.83 bits per heavy atom. The number of carbonyl (C=O) groups is 1. The van der Waals surface area contributed by atoms with E-state index in [1.54, 1.807) is 17.6 Å². The highest BCUT2D eigenvalue weighted by Crippen LogP contribution is 2.24. The lowest BCUT2D eigenvalue weighted by atomic mass is 9.97. The fraction of sp³-hybridized carbons (Fsp3) is 0.467. The topological polar surface area (TPSA) is 92.5 Å². The molecular weight excluding hydrogens is 350 g/mol. The SMILES string of the molecule is CS(=O)(=O)N1CCC(C(=O)NCc2coc(-c3cccs3)n2)CC1. The van der Waals surface area contributed by atoms with Crippen molar-refractivity contribution in [2.45, 2.75) is 19.4 Å². The van der Waals surface area contributed by atoms with Crippen LogP contribution >= 0.6 is 11.3 Å². The Bertz CT molecular complexity index is 791. The van der Waals surface area contributed by atoms with Gasteiger partial charge in [0.15, 0.2) is 0 Å². The molecule has 7 nitrogen and oxygen atoms in total. The average Bonchev–Trinajstić information content (AvgIpc) is 3.23. The van der Waals surface area contributed by atoms with Crippen LogP contribution in [0.3, 0.4) is 0 Å². The lowest BCUT2D eigenvalue weighted by Crippen LogP contribution is -2.42. The number of aromatic nitrogens is 1. The van der Waals surface area contributed by atoms with Crippen molar-refractivity contribution in [1.29, 1.82) is 0 Å². The van der Waals surface area contributed by atoms with Crippen LogP contribution in [0.25, 0.3) is 10.8 Å². The molecule has 0 aromatic carbocycles. The number of sulfonamides is 1. The molecular formula is C15H19N3O4S2. The number of rotatable bonds is 5. The molecule has 2 aromatic heterocycles. The summed E-state index contributed by atoms with van der Waals surface area (Å²) in [6, 6.07) is 3.85. The van der Waals surface area contributed by atoms with Crippen molar-refractivity contribution in [3.8, 4) is 10.8 Å². The molecule has 1 N–H and O–H groups in total. The standard InChI is InChI=1S/C15H19N3O4S2/c1-24(20,21)18-6-4-11(5-7-18)14(19)16-9-12-10-22-15(17-12)13-3-2-8-23-13/h2-3,8,10-11H,4-7,9H2,1H3,(H,16,19). The van der Waals surface area contributed by atoms with Crippen molar-refractivity contribution in [2.75, 3.05) is 19.3 Å². The third-order valence-electron chi connectivity index (χ3n) is 4.02. The Hall–Kier alpha value is -1.71. The second-order valence-corrected chi connectivity index (χ2v) is 8.71. The summed E-state index contributed by atoms with van der Waals surface area (Å²) in [5, 5.41) is 4.80. The molecule has 0 saturated carbocycles. The molecule has 3 rings (SSSR count). The number of piperidine rings is 1. The number of carbonyl (C=O) groups excluding carboxylic acids is 1. The van der Waals surface area contributed by atoms with Crippen molar-refractivity contribution in [3.63, 3.8) is 0 Å². The van der Waals surface area contributed by atoms with Crippen LogP contribution in [-0.2, 0) is 21.4 Å². The molecule has 1 amide bonds. The van der Waals surface area contributed by atoms with Gasteiger partial charge in [-0.1, -0.05) is 6.07 Å². The molecule has 0 spiro atoms. The Morgan fingerprint density at radius 2 is 2.21 bits per heavy atom. The van der Waals surface area contributed by atoms with Crippen molar-refractivity contribution in [1.82, 2.24) is 14.6 Å². The van der Waals surface area contributed by atoms with Gasteiger partial charge in [0.1, 0.15) is 6.26 Å². The van der Waals surface area contributed by atoms with E-state index in [-0.39, 0.29) is 11.8 Å². The van der Waals surface area contributed by atoms with Gasteiger partial charge < -0.3 is 9.73 Å². The minimum Gasteiger partial charge on any atom is -0.443 e. The van der Waals surface area contributed by atoms with Gasteiger partial charge >= 0.3 is 0 Å². The molecule has 0 aliphatic carbocycles. The maximum absolute atomic E-state index is 12.2. The summed E-state index contributed by atoms with van der Waals surface area (Å²) >= 11 is 1.54. The highest BCUT2D eigenvalue weighted by Gasteiger charge is 2.28. The zero-order valence-corrected chi connectivity index (χ0v) is 14.9. The number of nitrogens with zero attached hydrogens (tertiary/aromatic N) is 2. The number of thiophene rings is 1. The van der Waals surface area contributed by atoms with Crippen molar-refractivity contribution in [2.24, 2.45) is 5.92 Å². The first-order valence-electron chi connectivity index (χ1n) is 7.64. The third-order valence-corrected chi connectivity index (χ3v) is 6.18. The molecule has 0 radical (unpaired) electrons. The second-order valence-electron chi connectivity index (χ2n) is 5.78. The number of amides is 1. The maximum Gasteiger partial charge on any atom is 0.236 e. The van der Waals surface area contributed by atoms with Crippen LogP contribution in [0.2, 0.25) is 0 Å². The van der Waals surface area contributed by atoms with E-state index in [0.29, 0.717) is 44.1 Å². The molecule has 1 aliphatic heterocycles. The molecule has 1 saturated heterocycles.